The average Bonchev–Trinajstić information content (AvgIpc) is 2.65. The van der Waals surface area contributed by atoms with E-state index in [0.29, 0.717) is 10.7 Å². The van der Waals surface area contributed by atoms with Crippen LogP contribution in [-0.2, 0) is 0 Å². The molecule has 1 aliphatic rings. The van der Waals surface area contributed by atoms with Crippen molar-refractivity contribution in [3.63, 3.8) is 0 Å². The van der Waals surface area contributed by atoms with Crippen LogP contribution < -0.4 is 4.74 Å². The Bertz CT molecular complexity index is 294. The molecule has 14 heavy (non-hydrogen) atoms. The molecule has 0 N–H and O–H groups in total. The molecule has 0 aliphatic heterocycles. The summed E-state index contributed by atoms with van der Waals surface area (Å²) >= 11 is 3.75. The minimum absolute atomic E-state index is 0.663. The van der Waals surface area contributed by atoms with Gasteiger partial charge in [-0.1, -0.05) is 34.5 Å². The second-order valence-corrected chi connectivity index (χ2v) is 5.00. The summed E-state index contributed by atoms with van der Waals surface area (Å²) < 4.78 is 5.15. The molecule has 2 atom stereocenters. The van der Waals surface area contributed by atoms with E-state index in [1.165, 1.54) is 24.8 Å². The molecule has 0 aromatic heterocycles. The molecule has 0 spiro atoms. The van der Waals surface area contributed by atoms with Gasteiger partial charge in [0, 0.05) is 4.83 Å². The monoisotopic (exact) mass is 254 g/mol. The van der Waals surface area contributed by atoms with Crippen molar-refractivity contribution < 1.29 is 4.74 Å². The molecule has 1 fully saturated rings. The predicted molar refractivity (Wildman–Crippen MR) is 62.3 cm³/mol. The van der Waals surface area contributed by atoms with Gasteiger partial charge in [-0.3, -0.25) is 0 Å². The Morgan fingerprint density at radius 1 is 1.21 bits per heavy atom. The maximum absolute atomic E-state index is 5.15. The van der Waals surface area contributed by atoms with Crippen molar-refractivity contribution in [2.24, 2.45) is 0 Å². The fourth-order valence-corrected chi connectivity index (χ4v) is 3.03. The largest absolute Gasteiger partial charge is 0.497 e. The maximum Gasteiger partial charge on any atom is 0.118 e. The van der Waals surface area contributed by atoms with Crippen molar-refractivity contribution in [3.05, 3.63) is 29.8 Å². The molecule has 1 aliphatic carbocycles. The maximum atomic E-state index is 5.15. The molecule has 2 unspecified atom stereocenters. The summed E-state index contributed by atoms with van der Waals surface area (Å²) in [6.07, 6.45) is 3.95. The second-order valence-electron chi connectivity index (χ2n) is 3.83. The third-order valence-electron chi connectivity index (χ3n) is 2.98. The molecular weight excluding hydrogens is 240 g/mol. The molecule has 1 nitrogen and oxygen atoms in total. The first-order chi connectivity index (χ1) is 6.81. The van der Waals surface area contributed by atoms with Gasteiger partial charge in [0.2, 0.25) is 0 Å². The lowest BCUT2D eigenvalue weighted by Crippen LogP contribution is -2.03. The molecule has 0 saturated heterocycles. The van der Waals surface area contributed by atoms with Gasteiger partial charge in [0.25, 0.3) is 0 Å². The number of ether oxygens (including phenoxy) is 1. The number of halogens is 1. The van der Waals surface area contributed by atoms with Crippen LogP contribution in [0.4, 0.5) is 0 Å². The van der Waals surface area contributed by atoms with E-state index in [1.54, 1.807) is 7.11 Å². The third kappa shape index (κ3) is 1.95. The Balaban J connectivity index is 2.16. The van der Waals surface area contributed by atoms with Crippen LogP contribution in [0.15, 0.2) is 24.3 Å². The van der Waals surface area contributed by atoms with Gasteiger partial charge >= 0.3 is 0 Å². The fraction of sp³-hybridized carbons (Fsp3) is 0.500. The molecule has 76 valence electrons. The van der Waals surface area contributed by atoms with Crippen LogP contribution in [0.1, 0.15) is 30.7 Å². The first-order valence-electron chi connectivity index (χ1n) is 5.09. The van der Waals surface area contributed by atoms with Crippen LogP contribution in [0.5, 0.6) is 5.75 Å². The summed E-state index contributed by atoms with van der Waals surface area (Å²) in [7, 11) is 1.71. The first kappa shape index (κ1) is 10.0. The van der Waals surface area contributed by atoms with E-state index in [-0.39, 0.29) is 0 Å². The lowest BCUT2D eigenvalue weighted by Gasteiger charge is -2.14. The Kier molecular flexibility index (Phi) is 3.12. The van der Waals surface area contributed by atoms with Crippen LogP contribution in [0.2, 0.25) is 0 Å². The zero-order valence-corrected chi connectivity index (χ0v) is 9.96. The molecule has 0 bridgehead atoms. The molecule has 0 heterocycles. The highest BCUT2D eigenvalue weighted by molar-refractivity contribution is 9.09. The predicted octanol–water partition coefficient (Wildman–Crippen LogP) is 3.73. The third-order valence-corrected chi connectivity index (χ3v) is 4.07. The first-order valence-corrected chi connectivity index (χ1v) is 6.01. The van der Waals surface area contributed by atoms with Crippen LogP contribution in [0.3, 0.4) is 0 Å². The van der Waals surface area contributed by atoms with Crippen LogP contribution in [-0.4, -0.2) is 11.9 Å². The zero-order chi connectivity index (χ0) is 9.97. The van der Waals surface area contributed by atoms with Gasteiger partial charge in [0.05, 0.1) is 7.11 Å². The van der Waals surface area contributed by atoms with Gasteiger partial charge in [-0.05, 0) is 36.5 Å². The summed E-state index contributed by atoms with van der Waals surface area (Å²) in [6, 6.07) is 8.47. The Labute approximate surface area is 93.6 Å². The van der Waals surface area contributed by atoms with Gasteiger partial charge in [-0.15, -0.1) is 0 Å². The van der Waals surface area contributed by atoms with E-state index < -0.39 is 0 Å². The van der Waals surface area contributed by atoms with Gasteiger partial charge < -0.3 is 4.74 Å². The van der Waals surface area contributed by atoms with Crippen molar-refractivity contribution >= 4 is 15.9 Å². The van der Waals surface area contributed by atoms with E-state index in [2.05, 4.69) is 28.1 Å². The second kappa shape index (κ2) is 4.35. The van der Waals surface area contributed by atoms with E-state index in [4.69, 9.17) is 4.74 Å². The van der Waals surface area contributed by atoms with Crippen molar-refractivity contribution in [1.82, 2.24) is 0 Å². The van der Waals surface area contributed by atoms with E-state index >= 15 is 0 Å². The van der Waals surface area contributed by atoms with Crippen LogP contribution in [0, 0.1) is 0 Å². The normalized spacial score (nSPS) is 26.4. The van der Waals surface area contributed by atoms with Crippen LogP contribution in [0.25, 0.3) is 0 Å². The number of methoxy groups -OCH3 is 1. The lowest BCUT2D eigenvalue weighted by atomic mass is 9.98. The molecule has 0 radical (unpaired) electrons. The highest BCUT2D eigenvalue weighted by atomic mass is 79.9. The van der Waals surface area contributed by atoms with Crippen molar-refractivity contribution in [2.45, 2.75) is 30.0 Å². The van der Waals surface area contributed by atoms with E-state index in [0.717, 1.165) is 5.75 Å². The minimum Gasteiger partial charge on any atom is -0.497 e. The van der Waals surface area contributed by atoms with Crippen molar-refractivity contribution in [3.8, 4) is 5.75 Å². The Hall–Kier alpha value is -0.500. The zero-order valence-electron chi connectivity index (χ0n) is 8.37. The van der Waals surface area contributed by atoms with Gasteiger partial charge in [-0.25, -0.2) is 0 Å². The molecule has 0 amide bonds. The van der Waals surface area contributed by atoms with Crippen molar-refractivity contribution in [2.75, 3.05) is 7.11 Å². The Morgan fingerprint density at radius 2 is 1.93 bits per heavy atom. The van der Waals surface area contributed by atoms with Gasteiger partial charge in [-0.2, -0.15) is 0 Å². The van der Waals surface area contributed by atoms with E-state index in [1.807, 2.05) is 12.1 Å². The molecule has 1 aromatic carbocycles. The number of alkyl halides is 1. The Morgan fingerprint density at radius 3 is 2.43 bits per heavy atom. The lowest BCUT2D eigenvalue weighted by molar-refractivity contribution is 0.414. The summed E-state index contributed by atoms with van der Waals surface area (Å²) in [6.45, 7) is 0. The molecule has 2 rings (SSSR count). The fourth-order valence-electron chi connectivity index (χ4n) is 2.14. The summed E-state index contributed by atoms with van der Waals surface area (Å²) in [5.41, 5.74) is 1.44. The highest BCUT2D eigenvalue weighted by Crippen LogP contribution is 2.39. The van der Waals surface area contributed by atoms with Gasteiger partial charge in [0.15, 0.2) is 0 Å². The average molecular weight is 255 g/mol. The number of hydrogen-bond acceptors (Lipinski definition) is 1. The molecule has 1 aromatic rings. The minimum atomic E-state index is 0.663. The molecule has 1 saturated carbocycles. The van der Waals surface area contributed by atoms with Crippen LogP contribution >= 0.6 is 15.9 Å². The highest BCUT2D eigenvalue weighted by Gasteiger charge is 2.25. The standard InChI is InChI=1S/C12H15BrO/c1-14-10-7-5-9(6-8-10)11-3-2-4-12(11)13/h5-8,11-12H,2-4H2,1H3. The SMILES string of the molecule is COc1ccc(C2CCCC2Br)cc1. The molecular formula is C12H15BrO. The summed E-state index contributed by atoms with van der Waals surface area (Å²) in [4.78, 5) is 0.663. The summed E-state index contributed by atoms with van der Waals surface area (Å²) in [5.74, 6) is 1.64. The van der Waals surface area contributed by atoms with E-state index in [9.17, 15) is 0 Å². The number of rotatable bonds is 2. The van der Waals surface area contributed by atoms with Gasteiger partial charge in [0.1, 0.15) is 5.75 Å². The number of benzene rings is 1. The number of hydrogen-bond donors (Lipinski definition) is 0. The summed E-state index contributed by atoms with van der Waals surface area (Å²) in [5, 5.41) is 0. The smallest absolute Gasteiger partial charge is 0.118 e. The topological polar surface area (TPSA) is 9.23 Å². The van der Waals surface area contributed by atoms with Crippen molar-refractivity contribution in [1.29, 1.82) is 0 Å². The quantitative estimate of drug-likeness (QED) is 0.732. The molecule has 2 heteroatoms.